The zero-order valence-electron chi connectivity index (χ0n) is 6.30. The SMILES string of the molecule is CCCCNCC(N)(O)O. The Morgan fingerprint density at radius 2 is 2.10 bits per heavy atom. The number of nitrogens with one attached hydrogen (secondary N) is 1. The van der Waals surface area contributed by atoms with Crippen molar-refractivity contribution in [3.8, 4) is 0 Å². The summed E-state index contributed by atoms with van der Waals surface area (Å²) in [4.78, 5) is 0. The van der Waals surface area contributed by atoms with Crippen LogP contribution < -0.4 is 11.1 Å². The molecule has 0 unspecified atom stereocenters. The van der Waals surface area contributed by atoms with Gasteiger partial charge in [-0.05, 0) is 13.0 Å². The van der Waals surface area contributed by atoms with Crippen LogP contribution in [0.4, 0.5) is 0 Å². The van der Waals surface area contributed by atoms with Gasteiger partial charge in [0.05, 0.1) is 6.54 Å². The van der Waals surface area contributed by atoms with E-state index in [1.54, 1.807) is 0 Å². The lowest BCUT2D eigenvalue weighted by Gasteiger charge is -2.15. The number of hydrogen-bond donors (Lipinski definition) is 4. The number of nitrogens with two attached hydrogens (primary N) is 1. The smallest absolute Gasteiger partial charge is 0.232 e. The van der Waals surface area contributed by atoms with Crippen LogP contribution in [0.2, 0.25) is 0 Å². The van der Waals surface area contributed by atoms with Crippen molar-refractivity contribution in [2.75, 3.05) is 13.1 Å². The maximum Gasteiger partial charge on any atom is 0.232 e. The molecule has 0 radical (unpaired) electrons. The number of hydrogen-bond acceptors (Lipinski definition) is 4. The third-order valence-electron chi connectivity index (χ3n) is 1.09. The molecule has 0 amide bonds. The molecule has 0 aliphatic rings. The number of rotatable bonds is 5. The molecule has 0 spiro atoms. The second-order valence-electron chi connectivity index (χ2n) is 2.41. The zero-order valence-corrected chi connectivity index (χ0v) is 6.30. The molecule has 4 heteroatoms. The van der Waals surface area contributed by atoms with Gasteiger partial charge < -0.3 is 15.5 Å². The van der Waals surface area contributed by atoms with Crippen molar-refractivity contribution in [2.24, 2.45) is 5.73 Å². The van der Waals surface area contributed by atoms with E-state index in [0.717, 1.165) is 19.4 Å². The summed E-state index contributed by atoms with van der Waals surface area (Å²) in [5, 5.41) is 20.0. The quantitative estimate of drug-likeness (QED) is 0.297. The molecule has 0 aromatic heterocycles. The predicted octanol–water partition coefficient (Wildman–Crippen LogP) is -1.03. The van der Waals surface area contributed by atoms with Gasteiger partial charge in [0.25, 0.3) is 0 Å². The molecular weight excluding hydrogens is 132 g/mol. The second kappa shape index (κ2) is 4.62. The van der Waals surface area contributed by atoms with Crippen LogP contribution in [-0.4, -0.2) is 29.2 Å². The Hall–Kier alpha value is -0.160. The highest BCUT2D eigenvalue weighted by Gasteiger charge is 2.13. The average molecular weight is 148 g/mol. The van der Waals surface area contributed by atoms with E-state index in [-0.39, 0.29) is 6.54 Å². The lowest BCUT2D eigenvalue weighted by molar-refractivity contribution is -0.151. The van der Waals surface area contributed by atoms with Crippen LogP contribution >= 0.6 is 0 Å². The lowest BCUT2D eigenvalue weighted by atomic mass is 10.3. The van der Waals surface area contributed by atoms with E-state index >= 15 is 0 Å². The summed E-state index contributed by atoms with van der Waals surface area (Å²) in [7, 11) is 0. The van der Waals surface area contributed by atoms with Crippen LogP contribution in [0.5, 0.6) is 0 Å². The number of unbranched alkanes of at least 4 members (excludes halogenated alkanes) is 1. The summed E-state index contributed by atoms with van der Waals surface area (Å²) in [6, 6.07) is 0. The summed E-state index contributed by atoms with van der Waals surface area (Å²) in [6.07, 6.45) is 2.11. The van der Waals surface area contributed by atoms with Crippen LogP contribution in [-0.2, 0) is 0 Å². The minimum absolute atomic E-state index is 0.0208. The van der Waals surface area contributed by atoms with Gasteiger partial charge in [0.15, 0.2) is 0 Å². The van der Waals surface area contributed by atoms with Gasteiger partial charge in [-0.15, -0.1) is 0 Å². The van der Waals surface area contributed by atoms with Gasteiger partial charge in [-0.2, -0.15) is 0 Å². The summed E-state index contributed by atoms with van der Waals surface area (Å²) in [6.45, 7) is 2.86. The van der Waals surface area contributed by atoms with E-state index in [0.29, 0.717) is 0 Å². The molecule has 0 atom stereocenters. The fourth-order valence-electron chi connectivity index (χ4n) is 0.574. The monoisotopic (exact) mass is 148 g/mol. The largest absolute Gasteiger partial charge is 0.353 e. The maximum absolute atomic E-state index is 8.59. The van der Waals surface area contributed by atoms with E-state index in [2.05, 4.69) is 12.2 Å². The molecule has 62 valence electrons. The van der Waals surface area contributed by atoms with Gasteiger partial charge in [0, 0.05) is 0 Å². The standard InChI is InChI=1S/C6H16N2O2/c1-2-3-4-8-5-6(7,9)10/h8-10H,2-5,7H2,1H3. The Kier molecular flexibility index (Phi) is 4.55. The van der Waals surface area contributed by atoms with Crippen molar-refractivity contribution in [3.05, 3.63) is 0 Å². The van der Waals surface area contributed by atoms with Crippen LogP contribution in [0, 0.1) is 0 Å². The Bertz CT molecular complexity index is 80.3. The summed E-state index contributed by atoms with van der Waals surface area (Å²) >= 11 is 0. The molecule has 0 saturated heterocycles. The molecule has 0 aromatic carbocycles. The third kappa shape index (κ3) is 7.84. The van der Waals surface area contributed by atoms with E-state index < -0.39 is 5.91 Å². The van der Waals surface area contributed by atoms with Gasteiger partial charge in [0.1, 0.15) is 0 Å². The molecule has 0 aromatic rings. The molecule has 0 bridgehead atoms. The van der Waals surface area contributed by atoms with E-state index in [1.807, 2.05) is 0 Å². The van der Waals surface area contributed by atoms with Crippen LogP contribution in [0.1, 0.15) is 19.8 Å². The first kappa shape index (κ1) is 9.84. The fourth-order valence-corrected chi connectivity index (χ4v) is 0.574. The first-order valence-electron chi connectivity index (χ1n) is 3.50. The van der Waals surface area contributed by atoms with Crippen molar-refractivity contribution >= 4 is 0 Å². The van der Waals surface area contributed by atoms with E-state index in [4.69, 9.17) is 15.9 Å². The normalized spacial score (nSPS) is 12.0. The topological polar surface area (TPSA) is 78.5 Å². The summed E-state index contributed by atoms with van der Waals surface area (Å²) in [5.74, 6) is -2.06. The van der Waals surface area contributed by atoms with Crippen molar-refractivity contribution in [2.45, 2.75) is 25.7 Å². The minimum atomic E-state index is -2.06. The first-order chi connectivity index (χ1) is 4.56. The Balaban J connectivity index is 3.04. The Morgan fingerprint density at radius 3 is 2.50 bits per heavy atom. The van der Waals surface area contributed by atoms with Gasteiger partial charge in [-0.3, -0.25) is 5.73 Å². The van der Waals surface area contributed by atoms with Gasteiger partial charge in [-0.1, -0.05) is 13.3 Å². The molecule has 10 heavy (non-hydrogen) atoms. The van der Waals surface area contributed by atoms with Gasteiger partial charge >= 0.3 is 0 Å². The van der Waals surface area contributed by atoms with Crippen LogP contribution in [0.15, 0.2) is 0 Å². The zero-order chi connectivity index (χ0) is 8.04. The highest BCUT2D eigenvalue weighted by molar-refractivity contribution is 4.57. The Labute approximate surface area is 61.0 Å². The molecular formula is C6H16N2O2. The lowest BCUT2D eigenvalue weighted by Crippen LogP contribution is -2.48. The molecule has 5 N–H and O–H groups in total. The fraction of sp³-hybridized carbons (Fsp3) is 1.00. The first-order valence-corrected chi connectivity index (χ1v) is 3.50. The molecule has 4 nitrogen and oxygen atoms in total. The van der Waals surface area contributed by atoms with E-state index in [9.17, 15) is 0 Å². The van der Waals surface area contributed by atoms with Crippen molar-refractivity contribution in [1.82, 2.24) is 5.32 Å². The molecule has 0 saturated carbocycles. The third-order valence-corrected chi connectivity index (χ3v) is 1.09. The molecule has 0 fully saturated rings. The molecule has 0 aliphatic carbocycles. The van der Waals surface area contributed by atoms with E-state index in [1.165, 1.54) is 0 Å². The maximum atomic E-state index is 8.59. The average Bonchev–Trinajstić information content (AvgIpc) is 1.78. The van der Waals surface area contributed by atoms with Crippen molar-refractivity contribution in [3.63, 3.8) is 0 Å². The molecule has 0 rings (SSSR count). The second-order valence-corrected chi connectivity index (χ2v) is 2.41. The van der Waals surface area contributed by atoms with Crippen molar-refractivity contribution in [1.29, 1.82) is 0 Å². The van der Waals surface area contributed by atoms with Crippen LogP contribution in [0.3, 0.4) is 0 Å². The predicted molar refractivity (Wildman–Crippen MR) is 39.1 cm³/mol. The molecule has 0 heterocycles. The van der Waals surface area contributed by atoms with Crippen molar-refractivity contribution < 1.29 is 10.2 Å². The highest BCUT2D eigenvalue weighted by atomic mass is 16.5. The summed E-state index contributed by atoms with van der Waals surface area (Å²) < 4.78 is 0. The summed E-state index contributed by atoms with van der Waals surface area (Å²) in [5.41, 5.74) is 4.87. The highest BCUT2D eigenvalue weighted by Crippen LogP contribution is 1.85. The minimum Gasteiger partial charge on any atom is -0.353 e. The van der Waals surface area contributed by atoms with Gasteiger partial charge in [-0.25, -0.2) is 0 Å². The van der Waals surface area contributed by atoms with Gasteiger partial charge in [0.2, 0.25) is 5.91 Å². The van der Waals surface area contributed by atoms with Crippen LogP contribution in [0.25, 0.3) is 0 Å². The Morgan fingerprint density at radius 1 is 1.50 bits per heavy atom. The molecule has 0 aliphatic heterocycles. The number of aliphatic hydroxyl groups is 2.